The molecule has 2 N–H and O–H groups in total. The van der Waals surface area contributed by atoms with Gasteiger partial charge in [0, 0.05) is 19.2 Å². The normalized spacial score (nSPS) is 24.4. The zero-order valence-corrected chi connectivity index (χ0v) is 30.2. The number of phosphoric ester groups is 1. The minimum absolute atomic E-state index is 0. The van der Waals surface area contributed by atoms with Crippen LogP contribution in [0, 0.1) is 0 Å². The van der Waals surface area contributed by atoms with Crippen LogP contribution in [0.3, 0.4) is 0 Å². The van der Waals surface area contributed by atoms with Gasteiger partial charge in [0.2, 0.25) is 0 Å². The summed E-state index contributed by atoms with van der Waals surface area (Å²) in [7, 11) is -18.3. The Morgan fingerprint density at radius 3 is 2.11 bits per heavy atom. The summed E-state index contributed by atoms with van der Waals surface area (Å²) >= 11 is 0. The van der Waals surface area contributed by atoms with Crippen LogP contribution in [0.4, 0.5) is 0 Å². The molecule has 0 spiro atoms. The molecule has 18 nitrogen and oxygen atoms in total. The van der Waals surface area contributed by atoms with Crippen molar-refractivity contribution in [2.75, 3.05) is 6.61 Å². The van der Waals surface area contributed by atoms with Gasteiger partial charge in [0.05, 0.1) is 14.4 Å². The number of esters is 1. The Hall–Kier alpha value is 2.48. The van der Waals surface area contributed by atoms with Crippen LogP contribution >= 0.6 is 23.5 Å². The molecule has 0 aromatic carbocycles. The Morgan fingerprint density at radius 1 is 1.08 bits per heavy atom. The zero-order valence-electron chi connectivity index (χ0n) is 19.5. The number of rotatable bonds is 9. The van der Waals surface area contributed by atoms with Crippen molar-refractivity contribution in [3.05, 3.63) is 33.1 Å². The molecule has 1 fully saturated rings. The Morgan fingerprint density at radius 2 is 1.64 bits per heavy atom. The van der Waals surface area contributed by atoms with E-state index in [9.17, 15) is 52.8 Å². The van der Waals surface area contributed by atoms with Crippen LogP contribution < -0.4 is 149 Å². The van der Waals surface area contributed by atoms with E-state index < -0.39 is 71.8 Å². The van der Waals surface area contributed by atoms with E-state index in [0.717, 1.165) is 19.2 Å². The molecule has 1 saturated heterocycles. The molecule has 0 bridgehead atoms. The average molecular weight is 614 g/mol. The van der Waals surface area contributed by atoms with Gasteiger partial charge < -0.3 is 43.2 Å². The summed E-state index contributed by atoms with van der Waals surface area (Å²) in [5.74, 6) is -0.941. The number of phosphoric acid groups is 3. The third kappa shape index (κ3) is 13.9. The monoisotopic (exact) mass is 614 g/mol. The maximum atomic E-state index is 12.0. The molecule has 1 aromatic heterocycles. The summed E-state index contributed by atoms with van der Waals surface area (Å²) in [4.78, 5) is 79.7. The maximum absolute atomic E-state index is 12.0. The SMILES string of the molecule is CC(=O)O[C@@H]1[C@H](O)[C@@H](COP(=O)([O-])OP(=O)([O-])OP(=O)([O-])[O-])O[C@H]1n1ccc(=O)[nH]c1=O.[Na+].[Na+].[Na+].[Na+]. The van der Waals surface area contributed by atoms with Gasteiger partial charge in [0.15, 0.2) is 12.3 Å². The van der Waals surface area contributed by atoms with Crippen molar-refractivity contribution in [3.63, 3.8) is 0 Å². The fourth-order valence-electron chi connectivity index (χ4n) is 2.47. The molecule has 2 rings (SSSR count). The van der Waals surface area contributed by atoms with Crippen LogP contribution in [-0.4, -0.2) is 45.5 Å². The van der Waals surface area contributed by atoms with E-state index in [-0.39, 0.29) is 118 Å². The molecule has 0 aliphatic carbocycles. The number of aliphatic hydroxyl groups excluding tert-OH is 1. The smallest absolute Gasteiger partial charge is 0.790 e. The van der Waals surface area contributed by atoms with Crippen molar-refractivity contribution in [3.8, 4) is 0 Å². The van der Waals surface area contributed by atoms with Crippen molar-refractivity contribution in [1.82, 2.24) is 9.55 Å². The molecule has 0 amide bonds. The van der Waals surface area contributed by atoms with E-state index >= 15 is 0 Å². The third-order valence-electron chi connectivity index (χ3n) is 3.54. The van der Waals surface area contributed by atoms with Gasteiger partial charge in [-0.2, -0.15) is 0 Å². The van der Waals surface area contributed by atoms with E-state index in [0.29, 0.717) is 4.57 Å². The molecule has 6 atom stereocenters. The minimum Gasteiger partial charge on any atom is -0.790 e. The summed E-state index contributed by atoms with van der Waals surface area (Å²) in [6.07, 6.45) is -5.81. The topological polar surface area (TPSA) is 282 Å². The van der Waals surface area contributed by atoms with Crippen molar-refractivity contribution in [1.29, 1.82) is 0 Å². The number of nitrogens with one attached hydrogen (secondary N) is 1. The van der Waals surface area contributed by atoms with Crippen LogP contribution in [0.25, 0.3) is 0 Å². The van der Waals surface area contributed by atoms with E-state index in [2.05, 4.69) is 13.1 Å². The molecule has 2 heterocycles. The molecule has 1 aliphatic rings. The molecule has 0 saturated carbocycles. The third-order valence-corrected chi connectivity index (χ3v) is 7.20. The zero-order chi connectivity index (χ0) is 24.5. The Kier molecular flexibility index (Phi) is 20.8. The molecule has 2 unspecified atom stereocenters. The van der Waals surface area contributed by atoms with E-state index in [1.54, 1.807) is 0 Å². The number of nitrogens with zero attached hydrogens (tertiary/aromatic N) is 1. The number of aromatic nitrogens is 2. The summed E-state index contributed by atoms with van der Waals surface area (Å²) in [6, 6.07) is 0.891. The molecule has 0 radical (unpaired) electrons. The Bertz CT molecular complexity index is 1130. The Labute approximate surface area is 290 Å². The van der Waals surface area contributed by atoms with E-state index in [1.807, 2.05) is 4.98 Å². The predicted octanol–water partition coefficient (Wildman–Crippen LogP) is -16.4. The number of H-pyrrole nitrogens is 1. The second-order valence-electron chi connectivity index (χ2n) is 5.95. The van der Waals surface area contributed by atoms with Crippen LogP contribution in [0.15, 0.2) is 21.9 Å². The number of aromatic amines is 1. The van der Waals surface area contributed by atoms with Gasteiger partial charge in [0.1, 0.15) is 12.2 Å². The second-order valence-corrected chi connectivity index (χ2v) is 10.2. The fraction of sp³-hybridized carbons (Fsp3) is 0.545. The minimum atomic E-state index is -6.20. The maximum Gasteiger partial charge on any atom is 1.00 e. The van der Waals surface area contributed by atoms with Crippen molar-refractivity contribution in [2.45, 2.75) is 31.5 Å². The molecule has 25 heteroatoms. The van der Waals surface area contributed by atoms with Gasteiger partial charge in [-0.05, 0) is 0 Å². The first kappa shape index (κ1) is 42.9. The van der Waals surface area contributed by atoms with Gasteiger partial charge in [-0.3, -0.25) is 32.6 Å². The van der Waals surface area contributed by atoms with Gasteiger partial charge in [-0.25, -0.2) is 9.11 Å². The van der Waals surface area contributed by atoms with Crippen LogP contribution in [0.1, 0.15) is 13.2 Å². The summed E-state index contributed by atoms with van der Waals surface area (Å²) in [5.41, 5.74) is -1.83. The summed E-state index contributed by atoms with van der Waals surface area (Å²) in [6.45, 7) is -0.250. The van der Waals surface area contributed by atoms with Crippen LogP contribution in [-0.2, 0) is 41.1 Å². The van der Waals surface area contributed by atoms with Gasteiger partial charge >= 0.3 is 130 Å². The van der Waals surface area contributed by atoms with E-state index in [1.165, 1.54) is 0 Å². The number of carbonyl (C=O) groups excluding carboxylic acids is 1. The second kappa shape index (κ2) is 17.4. The first-order valence-electron chi connectivity index (χ1n) is 8.03. The fourth-order valence-corrected chi connectivity index (χ4v) is 5.34. The van der Waals surface area contributed by atoms with Crippen molar-refractivity contribution >= 4 is 29.4 Å². The van der Waals surface area contributed by atoms with Gasteiger partial charge in [-0.15, -0.1) is 0 Å². The summed E-state index contributed by atoms with van der Waals surface area (Å²) in [5, 5.41) is 10.3. The standard InChI is InChI=1S/C11H17N2O16P3.4Na/c1-5(14)26-9-8(16)6(27-10(9)13-3-2-7(15)12-11(13)17)4-25-31(21,22)29-32(23,24)28-30(18,19)20;;;;/h2-3,6,8-10,16H,4H2,1H3,(H,21,22)(H,23,24)(H,12,15,17)(H2,18,19,20);;;;/q;4*+1/p-4/t6-,8-,9-,10-;;;;/m1..../s1. The molecular weight excluding hydrogens is 601 g/mol. The molecule has 182 valence electrons. The van der Waals surface area contributed by atoms with Gasteiger partial charge in [0.25, 0.3) is 21.2 Å². The van der Waals surface area contributed by atoms with Gasteiger partial charge in [-0.1, -0.05) is 0 Å². The molecule has 1 aliphatic heterocycles. The van der Waals surface area contributed by atoms with Crippen molar-refractivity contribution < 1.29 is 184 Å². The number of hydrogen-bond donors (Lipinski definition) is 2. The molecular formula is C11H13N2Na4O16P3. The quantitative estimate of drug-likeness (QED) is 0.148. The Balaban J connectivity index is -0.00000272. The average Bonchev–Trinajstić information content (AvgIpc) is 2.85. The first-order valence-corrected chi connectivity index (χ1v) is 12.4. The largest absolute Gasteiger partial charge is 1.00 e. The first-order chi connectivity index (χ1) is 14.5. The number of hydrogen-bond acceptors (Lipinski definition) is 16. The number of carbonyl (C=O) groups is 1. The van der Waals surface area contributed by atoms with Crippen molar-refractivity contribution in [2.24, 2.45) is 0 Å². The molecule has 36 heavy (non-hydrogen) atoms. The number of ether oxygens (including phenoxy) is 2. The van der Waals surface area contributed by atoms with Crippen LogP contribution in [0.2, 0.25) is 0 Å². The molecule has 1 aromatic rings. The van der Waals surface area contributed by atoms with E-state index in [4.69, 9.17) is 9.47 Å². The predicted molar refractivity (Wildman–Crippen MR) is 87.7 cm³/mol. The number of aliphatic hydroxyl groups is 1. The summed E-state index contributed by atoms with van der Waals surface area (Å²) < 4.78 is 54.4. The van der Waals surface area contributed by atoms with Crippen LogP contribution in [0.5, 0.6) is 0 Å².